The van der Waals surface area contributed by atoms with Gasteiger partial charge in [-0.3, -0.25) is 24.3 Å². The fraction of sp³-hybridized carbons (Fsp3) is 0.318. The number of ether oxygens (including phenoxy) is 1. The monoisotopic (exact) mass is 443 g/mol. The second-order valence-electron chi connectivity index (χ2n) is 7.80. The molecule has 10 heteroatoms. The first kappa shape index (κ1) is 20.7. The molecule has 0 saturated carbocycles. The highest BCUT2D eigenvalue weighted by molar-refractivity contribution is 6.03. The number of hydrogen-bond donors (Lipinski definition) is 1. The van der Waals surface area contributed by atoms with E-state index in [2.05, 4.69) is 20.1 Å². The van der Waals surface area contributed by atoms with Gasteiger partial charge < -0.3 is 4.74 Å². The summed E-state index contributed by atoms with van der Waals surface area (Å²) in [4.78, 5) is 19.6. The van der Waals surface area contributed by atoms with Gasteiger partial charge in [-0.15, -0.1) is 0 Å². The molecule has 0 radical (unpaired) electrons. The second kappa shape index (κ2) is 8.03. The standard InChI is InChI=1S/C22H20F3N5O2/c23-22(24,25)13-30-19-9-18(26-10-16(19)20-17(21(30)31)11-27-28-20)15-4-2-1-3-14(15)12-29-5-7-32-8-6-29/h1-4,9-11H,5-8,12-13H2,(H,27,28). The van der Waals surface area contributed by atoms with Crippen molar-refractivity contribution in [3.8, 4) is 11.3 Å². The molecule has 1 N–H and O–H groups in total. The quantitative estimate of drug-likeness (QED) is 0.524. The summed E-state index contributed by atoms with van der Waals surface area (Å²) in [6.45, 7) is 2.24. The van der Waals surface area contributed by atoms with Gasteiger partial charge in [0.25, 0.3) is 5.56 Å². The summed E-state index contributed by atoms with van der Waals surface area (Å²) in [5, 5.41) is 7.08. The highest BCUT2D eigenvalue weighted by Gasteiger charge is 2.30. The summed E-state index contributed by atoms with van der Waals surface area (Å²) < 4.78 is 46.1. The van der Waals surface area contributed by atoms with E-state index < -0.39 is 18.3 Å². The smallest absolute Gasteiger partial charge is 0.379 e. The summed E-state index contributed by atoms with van der Waals surface area (Å²) in [6.07, 6.45) is -1.80. The lowest BCUT2D eigenvalue weighted by Gasteiger charge is -2.27. The average molecular weight is 443 g/mol. The van der Waals surface area contributed by atoms with E-state index in [4.69, 9.17) is 4.74 Å². The second-order valence-corrected chi connectivity index (χ2v) is 7.80. The van der Waals surface area contributed by atoms with E-state index >= 15 is 0 Å². The minimum atomic E-state index is -4.55. The summed E-state index contributed by atoms with van der Waals surface area (Å²) in [6, 6.07) is 9.22. The molecule has 5 rings (SSSR count). The zero-order valence-electron chi connectivity index (χ0n) is 17.0. The number of fused-ring (bicyclic) bond motifs is 3. The van der Waals surface area contributed by atoms with Crippen molar-refractivity contribution in [2.75, 3.05) is 26.3 Å². The normalized spacial score (nSPS) is 15.6. The summed E-state index contributed by atoms with van der Waals surface area (Å²) in [5.74, 6) is 0. The summed E-state index contributed by atoms with van der Waals surface area (Å²) >= 11 is 0. The van der Waals surface area contributed by atoms with Crippen LogP contribution >= 0.6 is 0 Å². The third kappa shape index (κ3) is 3.87. The number of nitrogens with zero attached hydrogens (tertiary/aromatic N) is 4. The van der Waals surface area contributed by atoms with Gasteiger partial charge in [-0.1, -0.05) is 24.3 Å². The molecule has 0 spiro atoms. The van der Waals surface area contributed by atoms with E-state index in [1.807, 2.05) is 24.3 Å². The maximum atomic E-state index is 13.3. The molecule has 4 heterocycles. The van der Waals surface area contributed by atoms with Crippen LogP contribution in [0.2, 0.25) is 0 Å². The van der Waals surface area contributed by atoms with Gasteiger partial charge in [-0.05, 0) is 11.6 Å². The number of aromatic amines is 1. The lowest BCUT2D eigenvalue weighted by Crippen LogP contribution is -2.35. The number of rotatable bonds is 4. The Morgan fingerprint density at radius 2 is 1.88 bits per heavy atom. The van der Waals surface area contributed by atoms with Crippen LogP contribution in [-0.4, -0.2) is 57.1 Å². The van der Waals surface area contributed by atoms with E-state index in [-0.39, 0.29) is 10.9 Å². The molecular formula is C22H20F3N5O2. The molecule has 1 aromatic carbocycles. The Morgan fingerprint density at radius 3 is 2.66 bits per heavy atom. The number of hydrogen-bond acceptors (Lipinski definition) is 5. The number of benzene rings is 1. The van der Waals surface area contributed by atoms with Crippen LogP contribution in [0.5, 0.6) is 0 Å². The number of pyridine rings is 2. The molecular weight excluding hydrogens is 423 g/mol. The fourth-order valence-corrected chi connectivity index (χ4v) is 4.16. The largest absolute Gasteiger partial charge is 0.406 e. The number of morpholine rings is 1. The Morgan fingerprint density at radius 1 is 1.09 bits per heavy atom. The van der Waals surface area contributed by atoms with E-state index in [9.17, 15) is 18.0 Å². The molecule has 32 heavy (non-hydrogen) atoms. The van der Waals surface area contributed by atoms with Crippen molar-refractivity contribution in [2.24, 2.45) is 0 Å². The van der Waals surface area contributed by atoms with Gasteiger partial charge in [0.1, 0.15) is 6.54 Å². The van der Waals surface area contributed by atoms with Crippen molar-refractivity contribution in [1.29, 1.82) is 0 Å². The van der Waals surface area contributed by atoms with Crippen LogP contribution in [-0.2, 0) is 17.8 Å². The molecule has 7 nitrogen and oxygen atoms in total. The maximum Gasteiger partial charge on any atom is 0.406 e. The molecule has 1 aliphatic heterocycles. The lowest BCUT2D eigenvalue weighted by molar-refractivity contribution is -0.140. The van der Waals surface area contributed by atoms with Gasteiger partial charge in [0.05, 0.1) is 41.5 Å². The predicted molar refractivity (Wildman–Crippen MR) is 113 cm³/mol. The highest BCUT2D eigenvalue weighted by Crippen LogP contribution is 2.29. The first-order valence-corrected chi connectivity index (χ1v) is 10.2. The number of nitrogens with one attached hydrogen (secondary N) is 1. The van der Waals surface area contributed by atoms with Gasteiger partial charge in [-0.25, -0.2) is 0 Å². The Hall–Kier alpha value is -3.24. The zero-order valence-corrected chi connectivity index (χ0v) is 17.0. The van der Waals surface area contributed by atoms with Crippen molar-refractivity contribution in [1.82, 2.24) is 24.6 Å². The van der Waals surface area contributed by atoms with Crippen LogP contribution in [0.15, 0.2) is 47.5 Å². The van der Waals surface area contributed by atoms with Gasteiger partial charge in [0, 0.05) is 36.8 Å². The number of alkyl halides is 3. The average Bonchev–Trinajstić information content (AvgIpc) is 3.27. The molecule has 1 saturated heterocycles. The molecule has 0 amide bonds. The Kier molecular flexibility index (Phi) is 5.18. The van der Waals surface area contributed by atoms with Gasteiger partial charge in [0.15, 0.2) is 0 Å². The van der Waals surface area contributed by atoms with E-state index in [1.165, 1.54) is 12.4 Å². The molecule has 1 fully saturated rings. The summed E-state index contributed by atoms with van der Waals surface area (Å²) in [7, 11) is 0. The maximum absolute atomic E-state index is 13.3. The molecule has 4 aromatic rings. The zero-order chi connectivity index (χ0) is 22.3. The first-order valence-electron chi connectivity index (χ1n) is 10.2. The van der Waals surface area contributed by atoms with Crippen LogP contribution in [0.1, 0.15) is 5.56 Å². The van der Waals surface area contributed by atoms with Crippen LogP contribution in [0, 0.1) is 0 Å². The minimum absolute atomic E-state index is 0.101. The van der Waals surface area contributed by atoms with Crippen molar-refractivity contribution >= 4 is 21.8 Å². The molecule has 0 unspecified atom stereocenters. The highest BCUT2D eigenvalue weighted by atomic mass is 19.4. The number of halogens is 3. The van der Waals surface area contributed by atoms with Crippen molar-refractivity contribution in [3.63, 3.8) is 0 Å². The van der Waals surface area contributed by atoms with Gasteiger partial charge in [-0.2, -0.15) is 18.3 Å². The van der Waals surface area contributed by atoms with Crippen molar-refractivity contribution < 1.29 is 17.9 Å². The molecule has 3 aromatic heterocycles. The topological polar surface area (TPSA) is 76.0 Å². The molecule has 166 valence electrons. The molecule has 0 aliphatic carbocycles. The van der Waals surface area contributed by atoms with Crippen LogP contribution in [0.25, 0.3) is 33.1 Å². The molecule has 0 atom stereocenters. The molecule has 1 aliphatic rings. The van der Waals surface area contributed by atoms with Crippen LogP contribution in [0.3, 0.4) is 0 Å². The SMILES string of the molecule is O=c1c2cn[nH]c2c2cnc(-c3ccccc3CN3CCOCC3)cc2n1CC(F)(F)F. The predicted octanol–water partition coefficient (Wildman–Crippen LogP) is 3.33. The fourth-order valence-electron chi connectivity index (χ4n) is 4.16. The summed E-state index contributed by atoms with van der Waals surface area (Å²) in [5.41, 5.74) is 2.14. The minimum Gasteiger partial charge on any atom is -0.379 e. The third-order valence-electron chi connectivity index (χ3n) is 5.69. The first-order chi connectivity index (χ1) is 15.4. The van der Waals surface area contributed by atoms with Crippen molar-refractivity contribution in [3.05, 3.63) is 58.6 Å². The molecule has 0 bridgehead atoms. The number of aromatic nitrogens is 4. The Bertz CT molecular complexity index is 1340. The van der Waals surface area contributed by atoms with Gasteiger partial charge in [0.2, 0.25) is 0 Å². The van der Waals surface area contributed by atoms with Gasteiger partial charge >= 0.3 is 6.18 Å². The Balaban J connectivity index is 1.66. The van der Waals surface area contributed by atoms with Crippen molar-refractivity contribution in [2.45, 2.75) is 19.3 Å². The lowest BCUT2D eigenvalue weighted by atomic mass is 10.0. The van der Waals surface area contributed by atoms with E-state index in [1.54, 1.807) is 6.07 Å². The third-order valence-corrected chi connectivity index (χ3v) is 5.69. The number of H-pyrrole nitrogens is 1. The van der Waals surface area contributed by atoms with E-state index in [0.717, 1.165) is 28.8 Å². The van der Waals surface area contributed by atoms with E-state index in [0.29, 0.717) is 36.4 Å². The van der Waals surface area contributed by atoms with Crippen LogP contribution < -0.4 is 5.56 Å². The Labute approximate surface area is 180 Å². The van der Waals surface area contributed by atoms with Crippen LogP contribution in [0.4, 0.5) is 13.2 Å².